The fourth-order valence-corrected chi connectivity index (χ4v) is 3.67. The Bertz CT molecular complexity index is 1050. The number of hydrogen-bond donors (Lipinski definition) is 0. The standard InChI is InChI=1S/C18H16F3N3O4S/c1-17(2)15(25)24(16(26)23(17)11-12-7-9-22-10-8-12)13-3-5-14(6-4-13)29(27,28)18(19,20)21/h3-10H,11H2,1-2H3. The van der Waals surface area contributed by atoms with Crippen LogP contribution in [0.5, 0.6) is 0 Å². The first-order valence-corrected chi connectivity index (χ1v) is 9.82. The molecule has 1 aromatic heterocycles. The first kappa shape index (κ1) is 20.8. The smallest absolute Gasteiger partial charge is 0.305 e. The highest BCUT2D eigenvalue weighted by molar-refractivity contribution is 7.92. The van der Waals surface area contributed by atoms with Gasteiger partial charge in [0.25, 0.3) is 15.7 Å². The van der Waals surface area contributed by atoms with Gasteiger partial charge in [-0.2, -0.15) is 13.2 Å². The second kappa shape index (κ2) is 6.83. The number of nitrogens with zero attached hydrogens (tertiary/aromatic N) is 3. The van der Waals surface area contributed by atoms with Crippen LogP contribution >= 0.6 is 0 Å². The number of pyridine rings is 1. The van der Waals surface area contributed by atoms with E-state index in [-0.39, 0.29) is 12.2 Å². The number of rotatable bonds is 4. The Morgan fingerprint density at radius 1 is 1.00 bits per heavy atom. The van der Waals surface area contributed by atoms with E-state index in [1.165, 1.54) is 4.90 Å². The van der Waals surface area contributed by atoms with Crippen LogP contribution in [0.2, 0.25) is 0 Å². The first-order chi connectivity index (χ1) is 13.4. The molecule has 1 aromatic carbocycles. The normalized spacial score (nSPS) is 17.1. The third kappa shape index (κ3) is 3.46. The maximum atomic E-state index is 12.9. The minimum Gasteiger partial charge on any atom is -0.305 e. The van der Waals surface area contributed by atoms with E-state index in [1.54, 1.807) is 38.4 Å². The third-order valence-electron chi connectivity index (χ3n) is 4.62. The van der Waals surface area contributed by atoms with Gasteiger partial charge in [0.05, 0.1) is 10.6 Å². The third-order valence-corrected chi connectivity index (χ3v) is 6.13. The van der Waals surface area contributed by atoms with Gasteiger partial charge in [0.15, 0.2) is 0 Å². The molecule has 3 amide bonds. The summed E-state index contributed by atoms with van der Waals surface area (Å²) in [6.07, 6.45) is 3.09. The van der Waals surface area contributed by atoms with Gasteiger partial charge in [0.2, 0.25) is 0 Å². The van der Waals surface area contributed by atoms with E-state index in [4.69, 9.17) is 0 Å². The summed E-state index contributed by atoms with van der Waals surface area (Å²) in [6, 6.07) is 6.15. The summed E-state index contributed by atoms with van der Waals surface area (Å²) < 4.78 is 61.0. The summed E-state index contributed by atoms with van der Waals surface area (Å²) in [5.41, 5.74) is -5.94. The largest absolute Gasteiger partial charge is 0.501 e. The molecule has 0 N–H and O–H groups in total. The van der Waals surface area contributed by atoms with Crippen molar-refractivity contribution in [3.8, 4) is 0 Å². The molecule has 1 aliphatic rings. The van der Waals surface area contributed by atoms with Gasteiger partial charge in [0, 0.05) is 18.9 Å². The van der Waals surface area contributed by atoms with Crippen molar-refractivity contribution in [3.05, 3.63) is 54.4 Å². The second-order valence-corrected chi connectivity index (χ2v) is 8.81. The molecule has 3 rings (SSSR count). The number of aromatic nitrogens is 1. The van der Waals surface area contributed by atoms with Crippen LogP contribution in [0.1, 0.15) is 19.4 Å². The highest BCUT2D eigenvalue weighted by Gasteiger charge is 2.52. The van der Waals surface area contributed by atoms with Crippen LogP contribution in [-0.4, -0.2) is 41.3 Å². The van der Waals surface area contributed by atoms with Crippen molar-refractivity contribution in [1.29, 1.82) is 0 Å². The fourth-order valence-electron chi connectivity index (χ4n) is 2.91. The van der Waals surface area contributed by atoms with Crippen LogP contribution < -0.4 is 4.90 Å². The Hall–Kier alpha value is -2.95. The molecular formula is C18H16F3N3O4S. The summed E-state index contributed by atoms with van der Waals surface area (Å²) >= 11 is 0. The zero-order chi connectivity index (χ0) is 21.6. The number of anilines is 1. The van der Waals surface area contributed by atoms with E-state index in [9.17, 15) is 31.2 Å². The molecule has 0 saturated carbocycles. The SMILES string of the molecule is CC1(C)C(=O)N(c2ccc(S(=O)(=O)C(F)(F)F)cc2)C(=O)N1Cc1ccncc1. The van der Waals surface area contributed by atoms with Crippen LogP contribution in [0.3, 0.4) is 0 Å². The summed E-state index contributed by atoms with van der Waals surface area (Å²) in [7, 11) is -5.52. The number of alkyl halides is 3. The summed E-state index contributed by atoms with van der Waals surface area (Å²) in [5, 5.41) is 0. The molecular weight excluding hydrogens is 411 g/mol. The second-order valence-electron chi connectivity index (χ2n) is 6.87. The lowest BCUT2D eigenvalue weighted by atomic mass is 10.0. The monoisotopic (exact) mass is 427 g/mol. The Balaban J connectivity index is 1.93. The Kier molecular flexibility index (Phi) is 4.89. The number of sulfone groups is 1. The molecule has 0 radical (unpaired) electrons. The van der Waals surface area contributed by atoms with Gasteiger partial charge in [-0.05, 0) is 55.8 Å². The number of halogens is 3. The van der Waals surface area contributed by atoms with Crippen molar-refractivity contribution in [2.45, 2.75) is 36.3 Å². The number of amides is 3. The summed E-state index contributed by atoms with van der Waals surface area (Å²) in [5.74, 6) is -0.581. The van der Waals surface area contributed by atoms with Gasteiger partial charge in [-0.3, -0.25) is 9.78 Å². The van der Waals surface area contributed by atoms with E-state index in [0.717, 1.165) is 34.7 Å². The molecule has 1 aliphatic heterocycles. The zero-order valence-corrected chi connectivity index (χ0v) is 16.2. The van der Waals surface area contributed by atoms with Gasteiger partial charge < -0.3 is 4.90 Å². The first-order valence-electron chi connectivity index (χ1n) is 8.34. The quantitative estimate of drug-likeness (QED) is 0.700. The van der Waals surface area contributed by atoms with Gasteiger partial charge in [-0.15, -0.1) is 0 Å². The zero-order valence-electron chi connectivity index (χ0n) is 15.3. The molecule has 1 saturated heterocycles. The van der Waals surface area contributed by atoms with Crippen LogP contribution in [0.15, 0.2) is 53.7 Å². The van der Waals surface area contributed by atoms with Crippen molar-refractivity contribution < 1.29 is 31.2 Å². The Morgan fingerprint density at radius 3 is 2.07 bits per heavy atom. The minimum absolute atomic E-state index is 0.0218. The average molecular weight is 427 g/mol. The number of carbonyl (C=O) groups excluding carboxylic acids is 2. The number of benzene rings is 1. The molecule has 7 nitrogen and oxygen atoms in total. The Labute approximate surface area is 164 Å². The van der Waals surface area contributed by atoms with Gasteiger partial charge in [0.1, 0.15) is 5.54 Å². The fraction of sp³-hybridized carbons (Fsp3) is 0.278. The number of carbonyl (C=O) groups is 2. The molecule has 0 aliphatic carbocycles. The maximum Gasteiger partial charge on any atom is 0.501 e. The minimum atomic E-state index is -5.52. The van der Waals surface area contributed by atoms with E-state index < -0.39 is 37.7 Å². The Morgan fingerprint density at radius 2 is 1.55 bits per heavy atom. The summed E-state index contributed by atoms with van der Waals surface area (Å²) in [6.45, 7) is 3.23. The molecule has 154 valence electrons. The van der Waals surface area contributed by atoms with E-state index in [0.29, 0.717) is 0 Å². The van der Waals surface area contributed by atoms with Gasteiger partial charge >= 0.3 is 11.5 Å². The highest BCUT2D eigenvalue weighted by atomic mass is 32.2. The number of imide groups is 1. The molecule has 0 atom stereocenters. The molecule has 2 heterocycles. The molecule has 29 heavy (non-hydrogen) atoms. The summed E-state index contributed by atoms with van der Waals surface area (Å²) in [4.78, 5) is 30.8. The topological polar surface area (TPSA) is 87.7 Å². The van der Waals surface area contributed by atoms with Crippen molar-refractivity contribution in [2.75, 3.05) is 4.90 Å². The van der Waals surface area contributed by atoms with Gasteiger partial charge in [-0.1, -0.05) is 0 Å². The van der Waals surface area contributed by atoms with Crippen molar-refractivity contribution in [3.63, 3.8) is 0 Å². The van der Waals surface area contributed by atoms with E-state index >= 15 is 0 Å². The van der Waals surface area contributed by atoms with Crippen LogP contribution in [0.25, 0.3) is 0 Å². The lowest BCUT2D eigenvalue weighted by molar-refractivity contribution is -0.123. The average Bonchev–Trinajstić information content (AvgIpc) is 2.81. The molecule has 0 bridgehead atoms. The predicted octanol–water partition coefficient (Wildman–Crippen LogP) is 3.12. The van der Waals surface area contributed by atoms with Crippen molar-refractivity contribution in [2.24, 2.45) is 0 Å². The van der Waals surface area contributed by atoms with Gasteiger partial charge in [-0.25, -0.2) is 18.1 Å². The van der Waals surface area contributed by atoms with E-state index in [1.807, 2.05) is 0 Å². The van der Waals surface area contributed by atoms with E-state index in [2.05, 4.69) is 4.98 Å². The van der Waals surface area contributed by atoms with Crippen molar-refractivity contribution in [1.82, 2.24) is 9.88 Å². The van der Waals surface area contributed by atoms with Crippen LogP contribution in [-0.2, 0) is 21.2 Å². The molecule has 1 fully saturated rings. The molecule has 0 spiro atoms. The molecule has 2 aromatic rings. The number of urea groups is 1. The molecule has 11 heteroatoms. The lowest BCUT2D eigenvalue weighted by Crippen LogP contribution is -2.43. The maximum absolute atomic E-state index is 12.9. The number of hydrogen-bond acceptors (Lipinski definition) is 5. The molecule has 0 unspecified atom stereocenters. The lowest BCUT2D eigenvalue weighted by Gasteiger charge is -2.27. The van der Waals surface area contributed by atoms with Crippen LogP contribution in [0.4, 0.5) is 23.7 Å². The van der Waals surface area contributed by atoms with Crippen LogP contribution in [0, 0.1) is 0 Å². The highest BCUT2D eigenvalue weighted by Crippen LogP contribution is 2.35. The van der Waals surface area contributed by atoms with Crippen molar-refractivity contribution >= 4 is 27.5 Å². The predicted molar refractivity (Wildman–Crippen MR) is 96.4 cm³/mol.